The number of ether oxygens (including phenoxy) is 1. The number of amides is 1. The minimum Gasteiger partial charge on any atom is -0.484 e. The number of aliphatic hydroxyl groups excluding tert-OH is 1. The van der Waals surface area contributed by atoms with Gasteiger partial charge in [-0.3, -0.25) is 4.79 Å². The van der Waals surface area contributed by atoms with Crippen LogP contribution in [0.15, 0.2) is 28.7 Å². The largest absolute Gasteiger partial charge is 0.484 e. The number of hydrogen-bond donors (Lipinski definition) is 3. The third-order valence-electron chi connectivity index (χ3n) is 1.96. The van der Waals surface area contributed by atoms with Crippen LogP contribution in [0.1, 0.15) is 0 Å². The molecule has 1 atom stereocenters. The van der Waals surface area contributed by atoms with E-state index in [1.165, 1.54) is 0 Å². The average Bonchev–Trinajstić information content (AvgIpc) is 2.35. The van der Waals surface area contributed by atoms with Crippen LogP contribution >= 0.6 is 15.9 Å². The molecule has 3 N–H and O–H groups in total. The van der Waals surface area contributed by atoms with Gasteiger partial charge < -0.3 is 20.3 Å². The van der Waals surface area contributed by atoms with Crippen molar-refractivity contribution >= 4 is 27.8 Å². The second kappa shape index (κ2) is 6.97. The predicted molar refractivity (Wildman–Crippen MR) is 66.3 cm³/mol. The zero-order valence-corrected chi connectivity index (χ0v) is 10.9. The molecule has 1 aromatic carbocycles. The van der Waals surface area contributed by atoms with E-state index in [4.69, 9.17) is 14.9 Å². The third-order valence-corrected chi connectivity index (χ3v) is 2.49. The Bertz CT molecular complexity index is 420. The van der Waals surface area contributed by atoms with Gasteiger partial charge in [0, 0.05) is 4.47 Å². The minimum atomic E-state index is -1.61. The number of rotatable bonds is 6. The number of hydrogen-bond acceptors (Lipinski definition) is 4. The SMILES string of the molecule is O=C(COc1ccc(Br)cc1)NC[C@H](O)C(=O)O. The van der Waals surface area contributed by atoms with Gasteiger partial charge in [0.2, 0.25) is 0 Å². The second-order valence-electron chi connectivity index (χ2n) is 3.40. The third kappa shape index (κ3) is 5.15. The lowest BCUT2D eigenvalue weighted by molar-refractivity contribution is -0.146. The molecule has 0 aromatic heterocycles. The second-order valence-corrected chi connectivity index (χ2v) is 4.32. The highest BCUT2D eigenvalue weighted by Crippen LogP contribution is 2.15. The molecule has 0 aliphatic heterocycles. The zero-order valence-electron chi connectivity index (χ0n) is 9.30. The van der Waals surface area contributed by atoms with Crippen LogP contribution in [0.3, 0.4) is 0 Å². The number of carboxylic acid groups (broad SMARTS) is 1. The molecule has 0 saturated carbocycles. The van der Waals surface area contributed by atoms with Gasteiger partial charge in [0.05, 0.1) is 6.54 Å². The lowest BCUT2D eigenvalue weighted by atomic mass is 10.3. The lowest BCUT2D eigenvalue weighted by Gasteiger charge is -2.09. The summed E-state index contributed by atoms with van der Waals surface area (Å²) in [5, 5.41) is 19.6. The van der Waals surface area contributed by atoms with E-state index in [-0.39, 0.29) is 13.2 Å². The molecule has 6 nitrogen and oxygen atoms in total. The number of aliphatic hydroxyl groups is 1. The molecule has 98 valence electrons. The van der Waals surface area contributed by atoms with Crippen LogP contribution in [0, 0.1) is 0 Å². The van der Waals surface area contributed by atoms with Gasteiger partial charge in [-0.05, 0) is 24.3 Å². The maximum absolute atomic E-state index is 11.3. The molecule has 0 saturated heterocycles. The molecule has 1 rings (SSSR count). The smallest absolute Gasteiger partial charge is 0.334 e. The Kier molecular flexibility index (Phi) is 5.60. The first kappa shape index (κ1) is 14.5. The Morgan fingerprint density at radius 1 is 1.33 bits per heavy atom. The van der Waals surface area contributed by atoms with Crippen molar-refractivity contribution in [2.75, 3.05) is 13.2 Å². The number of aliphatic carboxylic acids is 1. The summed E-state index contributed by atoms with van der Waals surface area (Å²) in [6.45, 7) is -0.591. The van der Waals surface area contributed by atoms with Crippen LogP contribution in [0.25, 0.3) is 0 Å². The Hall–Kier alpha value is -1.60. The molecule has 18 heavy (non-hydrogen) atoms. The molecular formula is C11H12BrNO5. The summed E-state index contributed by atoms with van der Waals surface area (Å²) in [6.07, 6.45) is -1.61. The van der Waals surface area contributed by atoms with Crippen molar-refractivity contribution in [3.8, 4) is 5.75 Å². The van der Waals surface area contributed by atoms with Crippen LogP contribution < -0.4 is 10.1 Å². The number of carbonyl (C=O) groups excluding carboxylic acids is 1. The fourth-order valence-electron chi connectivity index (χ4n) is 1.03. The first-order chi connectivity index (χ1) is 8.49. The fourth-order valence-corrected chi connectivity index (χ4v) is 1.29. The summed E-state index contributed by atoms with van der Waals surface area (Å²) in [7, 11) is 0. The van der Waals surface area contributed by atoms with Crippen molar-refractivity contribution in [2.24, 2.45) is 0 Å². The molecule has 1 aromatic rings. The van der Waals surface area contributed by atoms with Crippen molar-refractivity contribution in [3.63, 3.8) is 0 Å². The van der Waals surface area contributed by atoms with Crippen molar-refractivity contribution in [1.29, 1.82) is 0 Å². The highest BCUT2D eigenvalue weighted by Gasteiger charge is 2.14. The Morgan fingerprint density at radius 2 is 1.94 bits per heavy atom. The van der Waals surface area contributed by atoms with Crippen molar-refractivity contribution in [1.82, 2.24) is 5.32 Å². The van der Waals surface area contributed by atoms with Gasteiger partial charge in [-0.15, -0.1) is 0 Å². The first-order valence-corrected chi connectivity index (χ1v) is 5.84. The zero-order chi connectivity index (χ0) is 13.5. The van der Waals surface area contributed by atoms with Gasteiger partial charge >= 0.3 is 5.97 Å². The van der Waals surface area contributed by atoms with E-state index in [1.807, 2.05) is 0 Å². The first-order valence-electron chi connectivity index (χ1n) is 5.05. The summed E-state index contributed by atoms with van der Waals surface area (Å²) in [5.41, 5.74) is 0. The van der Waals surface area contributed by atoms with E-state index in [1.54, 1.807) is 24.3 Å². The van der Waals surface area contributed by atoms with Gasteiger partial charge in [-0.1, -0.05) is 15.9 Å². The van der Waals surface area contributed by atoms with Crippen molar-refractivity contribution in [2.45, 2.75) is 6.10 Å². The standard InChI is InChI=1S/C11H12BrNO5/c12-7-1-3-8(4-2-7)18-6-10(15)13-5-9(14)11(16)17/h1-4,9,14H,5-6H2,(H,13,15)(H,16,17)/t9-/m0/s1. The summed E-state index contributed by atoms with van der Waals surface area (Å²) in [4.78, 5) is 21.5. The van der Waals surface area contributed by atoms with Gasteiger partial charge in [-0.25, -0.2) is 4.79 Å². The van der Waals surface area contributed by atoms with Gasteiger partial charge in [0.25, 0.3) is 5.91 Å². The molecule has 0 unspecified atom stereocenters. The van der Waals surface area contributed by atoms with Gasteiger partial charge in [-0.2, -0.15) is 0 Å². The Morgan fingerprint density at radius 3 is 2.50 bits per heavy atom. The van der Waals surface area contributed by atoms with E-state index in [2.05, 4.69) is 21.2 Å². The Labute approximate surface area is 112 Å². The van der Waals surface area contributed by atoms with Gasteiger partial charge in [0.1, 0.15) is 5.75 Å². The minimum absolute atomic E-state index is 0.242. The average molecular weight is 318 g/mol. The summed E-state index contributed by atoms with van der Waals surface area (Å²) in [6, 6.07) is 6.90. The molecule has 1 amide bonds. The summed E-state index contributed by atoms with van der Waals surface area (Å²) in [5.74, 6) is -1.37. The molecule has 0 radical (unpaired) electrons. The van der Waals surface area contributed by atoms with Crippen LogP contribution in [0.2, 0.25) is 0 Å². The normalized spacial score (nSPS) is 11.7. The monoisotopic (exact) mass is 317 g/mol. The van der Waals surface area contributed by atoms with E-state index in [9.17, 15) is 9.59 Å². The van der Waals surface area contributed by atoms with E-state index < -0.39 is 18.0 Å². The molecule has 0 spiro atoms. The predicted octanol–water partition coefficient (Wildman–Crippen LogP) is 0.390. The van der Waals surface area contributed by atoms with Gasteiger partial charge in [0.15, 0.2) is 12.7 Å². The molecule has 0 heterocycles. The maximum Gasteiger partial charge on any atom is 0.334 e. The quantitative estimate of drug-likeness (QED) is 0.705. The molecule has 7 heteroatoms. The van der Waals surface area contributed by atoms with Crippen LogP contribution in [0.5, 0.6) is 5.75 Å². The number of nitrogens with one attached hydrogen (secondary N) is 1. The number of carboxylic acids is 1. The molecule has 0 fully saturated rings. The molecule has 0 aliphatic carbocycles. The van der Waals surface area contributed by atoms with Crippen molar-refractivity contribution in [3.05, 3.63) is 28.7 Å². The van der Waals surface area contributed by atoms with E-state index in [0.717, 1.165) is 4.47 Å². The number of halogens is 1. The summed E-state index contributed by atoms with van der Waals surface area (Å²) < 4.78 is 6.05. The van der Waals surface area contributed by atoms with Crippen molar-refractivity contribution < 1.29 is 24.5 Å². The van der Waals surface area contributed by atoms with Crippen LogP contribution in [-0.4, -0.2) is 41.3 Å². The molecule has 0 aliphatic rings. The Balaban J connectivity index is 2.29. The van der Waals surface area contributed by atoms with Crippen LogP contribution in [-0.2, 0) is 9.59 Å². The highest BCUT2D eigenvalue weighted by atomic mass is 79.9. The number of benzene rings is 1. The van der Waals surface area contributed by atoms with Crippen LogP contribution in [0.4, 0.5) is 0 Å². The molecule has 0 bridgehead atoms. The highest BCUT2D eigenvalue weighted by molar-refractivity contribution is 9.10. The summed E-state index contributed by atoms with van der Waals surface area (Å²) >= 11 is 3.26. The van der Waals surface area contributed by atoms with E-state index >= 15 is 0 Å². The fraction of sp³-hybridized carbons (Fsp3) is 0.273. The number of carbonyl (C=O) groups is 2. The maximum atomic E-state index is 11.3. The lowest BCUT2D eigenvalue weighted by Crippen LogP contribution is -2.38. The topological polar surface area (TPSA) is 95.9 Å². The van der Waals surface area contributed by atoms with E-state index in [0.29, 0.717) is 5.75 Å². The molecular weight excluding hydrogens is 306 g/mol.